The Bertz CT molecular complexity index is 1340. The molecule has 0 aliphatic rings. The first-order valence-electron chi connectivity index (χ1n) is 12.6. The quantitative estimate of drug-likeness (QED) is 0.259. The summed E-state index contributed by atoms with van der Waals surface area (Å²) in [6, 6.07) is 19.6. The van der Waals surface area contributed by atoms with Crippen molar-refractivity contribution in [3.63, 3.8) is 0 Å². The number of nitrogens with zero attached hydrogens (tertiary/aromatic N) is 2. The summed E-state index contributed by atoms with van der Waals surface area (Å²) >= 11 is 0. The third kappa shape index (κ3) is 6.23. The van der Waals surface area contributed by atoms with Crippen molar-refractivity contribution in [3.05, 3.63) is 83.2 Å². The van der Waals surface area contributed by atoms with Crippen molar-refractivity contribution in [3.8, 4) is 17.2 Å². The number of aromatic nitrogens is 2. The van der Waals surface area contributed by atoms with E-state index in [1.807, 2.05) is 18.2 Å². The van der Waals surface area contributed by atoms with Crippen molar-refractivity contribution in [2.75, 3.05) is 27.4 Å². The highest BCUT2D eigenvalue weighted by Crippen LogP contribution is 2.27. The second-order valence-electron chi connectivity index (χ2n) is 9.02. The largest absolute Gasteiger partial charge is 0.493 e. The third-order valence-electron chi connectivity index (χ3n) is 6.42. The minimum atomic E-state index is -0.141. The summed E-state index contributed by atoms with van der Waals surface area (Å²) in [6.07, 6.45) is 2.41. The first kappa shape index (κ1) is 26.1. The molecule has 194 valence electrons. The van der Waals surface area contributed by atoms with Gasteiger partial charge in [0.15, 0.2) is 11.5 Å². The summed E-state index contributed by atoms with van der Waals surface area (Å²) in [5.41, 5.74) is 4.96. The monoisotopic (exact) mass is 501 g/mol. The Labute approximate surface area is 218 Å². The topological polar surface area (TPSA) is 74.6 Å². The summed E-state index contributed by atoms with van der Waals surface area (Å²) in [5.74, 6) is 2.98. The number of amides is 1. The van der Waals surface area contributed by atoms with Crippen LogP contribution >= 0.6 is 0 Å². The van der Waals surface area contributed by atoms with Gasteiger partial charge in [0.1, 0.15) is 11.6 Å². The van der Waals surface area contributed by atoms with Gasteiger partial charge in [-0.2, -0.15) is 0 Å². The Morgan fingerprint density at radius 1 is 0.919 bits per heavy atom. The van der Waals surface area contributed by atoms with Gasteiger partial charge in [0, 0.05) is 25.1 Å². The first-order chi connectivity index (χ1) is 18.0. The molecule has 0 radical (unpaired) electrons. The summed E-state index contributed by atoms with van der Waals surface area (Å²) in [6.45, 7) is 6.16. The zero-order chi connectivity index (χ0) is 26.2. The molecule has 0 aliphatic heterocycles. The van der Waals surface area contributed by atoms with Crippen molar-refractivity contribution in [1.29, 1.82) is 0 Å². The predicted molar refractivity (Wildman–Crippen MR) is 146 cm³/mol. The van der Waals surface area contributed by atoms with E-state index in [9.17, 15) is 4.79 Å². The maximum absolute atomic E-state index is 12.6. The molecule has 37 heavy (non-hydrogen) atoms. The number of hydrogen-bond acceptors (Lipinski definition) is 5. The summed E-state index contributed by atoms with van der Waals surface area (Å²) in [4.78, 5) is 17.5. The molecule has 7 heteroatoms. The van der Waals surface area contributed by atoms with Gasteiger partial charge in [-0.1, -0.05) is 30.3 Å². The number of methoxy groups -OCH3 is 2. The molecule has 1 heterocycles. The fourth-order valence-corrected chi connectivity index (χ4v) is 4.52. The van der Waals surface area contributed by atoms with Crippen LogP contribution in [0.15, 0.2) is 60.7 Å². The number of ether oxygens (including phenoxy) is 3. The van der Waals surface area contributed by atoms with E-state index < -0.39 is 0 Å². The van der Waals surface area contributed by atoms with Crippen LogP contribution < -0.4 is 19.5 Å². The number of imidazole rings is 1. The number of hydrogen-bond donors (Lipinski definition) is 1. The molecule has 4 aromatic rings. The number of nitrogens with one attached hydrogen (secondary N) is 1. The number of benzene rings is 3. The number of para-hydroxylation sites is 3. The van der Waals surface area contributed by atoms with Gasteiger partial charge in [-0.05, 0) is 68.1 Å². The lowest BCUT2D eigenvalue weighted by Gasteiger charge is -2.13. The zero-order valence-electron chi connectivity index (χ0n) is 22.0. The molecule has 1 amide bonds. The van der Waals surface area contributed by atoms with Gasteiger partial charge in [0.2, 0.25) is 0 Å². The maximum atomic E-state index is 12.6. The van der Waals surface area contributed by atoms with Crippen molar-refractivity contribution >= 4 is 16.9 Å². The van der Waals surface area contributed by atoms with Crippen molar-refractivity contribution < 1.29 is 19.0 Å². The number of aryl methyl sites for hydroxylation is 4. The Hall–Kier alpha value is -4.00. The fraction of sp³-hybridized carbons (Fsp3) is 0.333. The van der Waals surface area contributed by atoms with Gasteiger partial charge in [0.05, 0.1) is 31.9 Å². The number of carbonyl (C=O) groups excluding carboxylic acids is 1. The lowest BCUT2D eigenvalue weighted by molar-refractivity contribution is 0.0952. The van der Waals surface area contributed by atoms with E-state index >= 15 is 0 Å². The van der Waals surface area contributed by atoms with Gasteiger partial charge in [-0.15, -0.1) is 0 Å². The van der Waals surface area contributed by atoms with Crippen LogP contribution in [0.1, 0.15) is 40.2 Å². The van der Waals surface area contributed by atoms with Gasteiger partial charge in [0.25, 0.3) is 5.91 Å². The smallest absolute Gasteiger partial charge is 0.251 e. The molecule has 0 bridgehead atoms. The Kier molecular flexibility index (Phi) is 8.67. The van der Waals surface area contributed by atoms with Crippen molar-refractivity contribution in [1.82, 2.24) is 14.9 Å². The highest BCUT2D eigenvalue weighted by Gasteiger charge is 2.13. The van der Waals surface area contributed by atoms with Crippen LogP contribution in [-0.4, -0.2) is 42.8 Å². The van der Waals surface area contributed by atoms with Crippen molar-refractivity contribution in [2.24, 2.45) is 0 Å². The average Bonchev–Trinajstić information content (AvgIpc) is 3.27. The number of rotatable bonds is 12. The molecule has 0 saturated heterocycles. The van der Waals surface area contributed by atoms with E-state index in [-0.39, 0.29) is 5.91 Å². The molecule has 1 N–H and O–H groups in total. The van der Waals surface area contributed by atoms with E-state index in [1.54, 1.807) is 32.4 Å². The molecule has 4 rings (SSSR count). The Morgan fingerprint density at radius 2 is 1.68 bits per heavy atom. The molecule has 0 saturated carbocycles. The average molecular weight is 502 g/mol. The molecule has 3 aromatic carbocycles. The van der Waals surface area contributed by atoms with Crippen LogP contribution in [0.5, 0.6) is 17.2 Å². The number of fused-ring (bicyclic) bond motifs is 1. The predicted octanol–water partition coefficient (Wildman–Crippen LogP) is 5.50. The van der Waals surface area contributed by atoms with Gasteiger partial charge in [-0.25, -0.2) is 4.98 Å². The van der Waals surface area contributed by atoms with Crippen LogP contribution in [0.2, 0.25) is 0 Å². The van der Waals surface area contributed by atoms with Gasteiger partial charge < -0.3 is 24.1 Å². The van der Waals surface area contributed by atoms with Crippen LogP contribution in [0.3, 0.4) is 0 Å². The lowest BCUT2D eigenvalue weighted by atomic mass is 10.1. The molecular weight excluding hydrogens is 466 g/mol. The van der Waals surface area contributed by atoms with Crippen molar-refractivity contribution in [2.45, 2.75) is 39.7 Å². The van der Waals surface area contributed by atoms with Crippen LogP contribution in [0.25, 0.3) is 11.0 Å². The van der Waals surface area contributed by atoms with Crippen LogP contribution in [-0.2, 0) is 13.0 Å². The van der Waals surface area contributed by atoms with Gasteiger partial charge in [-0.3, -0.25) is 4.79 Å². The normalized spacial score (nSPS) is 10.9. The fourth-order valence-electron chi connectivity index (χ4n) is 4.52. The molecule has 0 aliphatic carbocycles. The zero-order valence-corrected chi connectivity index (χ0v) is 22.0. The van der Waals surface area contributed by atoms with E-state index in [2.05, 4.69) is 48.0 Å². The third-order valence-corrected chi connectivity index (χ3v) is 6.42. The minimum Gasteiger partial charge on any atom is -0.493 e. The Balaban J connectivity index is 1.34. The molecule has 0 unspecified atom stereocenters. The van der Waals surface area contributed by atoms with E-state index in [0.29, 0.717) is 30.2 Å². The summed E-state index contributed by atoms with van der Waals surface area (Å²) in [7, 11) is 3.13. The SMILES string of the molecule is COc1ccc(C(=O)NCCCc2nc3ccccc3n2CCCOc2c(C)cccc2C)cc1OC. The molecule has 1 aromatic heterocycles. The Morgan fingerprint density at radius 3 is 2.43 bits per heavy atom. The standard InChI is InChI=1S/C30H35N3O4/c1-21-10-7-11-22(2)29(21)37-19-9-18-33-25-13-6-5-12-24(25)32-28(33)14-8-17-31-30(34)23-15-16-26(35-3)27(20-23)36-4/h5-7,10-13,15-16,20H,8-9,14,17-19H2,1-4H3,(H,31,34). The molecular formula is C30H35N3O4. The van der Waals surface area contributed by atoms with E-state index in [1.165, 1.54) is 0 Å². The van der Waals surface area contributed by atoms with E-state index in [0.717, 1.165) is 59.5 Å². The maximum Gasteiger partial charge on any atom is 0.251 e. The highest BCUT2D eigenvalue weighted by molar-refractivity contribution is 5.94. The van der Waals surface area contributed by atoms with Crippen LogP contribution in [0.4, 0.5) is 0 Å². The van der Waals surface area contributed by atoms with E-state index in [4.69, 9.17) is 19.2 Å². The second-order valence-corrected chi connectivity index (χ2v) is 9.02. The summed E-state index contributed by atoms with van der Waals surface area (Å²) < 4.78 is 18.9. The molecule has 0 fully saturated rings. The minimum absolute atomic E-state index is 0.141. The molecule has 7 nitrogen and oxygen atoms in total. The highest BCUT2D eigenvalue weighted by atomic mass is 16.5. The second kappa shape index (κ2) is 12.3. The summed E-state index contributed by atoms with van der Waals surface area (Å²) in [5, 5.41) is 3.00. The number of carbonyl (C=O) groups is 1. The van der Waals surface area contributed by atoms with Crippen LogP contribution in [0, 0.1) is 13.8 Å². The molecule has 0 spiro atoms. The molecule has 0 atom stereocenters. The lowest BCUT2D eigenvalue weighted by Crippen LogP contribution is -2.25. The van der Waals surface area contributed by atoms with Gasteiger partial charge >= 0.3 is 0 Å². The first-order valence-corrected chi connectivity index (χ1v) is 12.6.